The van der Waals surface area contributed by atoms with Gasteiger partial charge >= 0.3 is 5.97 Å². The summed E-state index contributed by atoms with van der Waals surface area (Å²) in [6.45, 7) is 4.22. The number of anilines is 1. The molecule has 0 aromatic heterocycles. The number of halogens is 1. The Kier molecular flexibility index (Phi) is 7.39. The van der Waals surface area contributed by atoms with Crippen molar-refractivity contribution in [2.24, 2.45) is 5.92 Å². The Balaban J connectivity index is 1.52. The van der Waals surface area contributed by atoms with Gasteiger partial charge in [0.2, 0.25) is 5.91 Å². The number of nitrogens with zero attached hydrogens (tertiary/aromatic N) is 1. The number of nitrogens with one attached hydrogen (secondary N) is 1. The summed E-state index contributed by atoms with van der Waals surface area (Å²) in [6.07, 6.45) is 1.00. The Labute approximate surface area is 181 Å². The van der Waals surface area contributed by atoms with Crippen LogP contribution in [0.5, 0.6) is 0 Å². The summed E-state index contributed by atoms with van der Waals surface area (Å²) in [4.78, 5) is 38.6. The Morgan fingerprint density at radius 2 is 1.90 bits per heavy atom. The maximum atomic E-state index is 12.9. The van der Waals surface area contributed by atoms with Crippen LogP contribution in [0.1, 0.15) is 43.7 Å². The minimum absolute atomic E-state index is 0.0604. The molecule has 0 bridgehead atoms. The summed E-state index contributed by atoms with van der Waals surface area (Å²) >= 11 is 0. The zero-order chi connectivity index (χ0) is 22.4. The van der Waals surface area contributed by atoms with Crippen molar-refractivity contribution in [2.75, 3.05) is 18.1 Å². The van der Waals surface area contributed by atoms with E-state index in [2.05, 4.69) is 19.2 Å². The van der Waals surface area contributed by atoms with Crippen LogP contribution in [-0.2, 0) is 25.7 Å². The van der Waals surface area contributed by atoms with Crippen LogP contribution in [0.3, 0.4) is 0 Å². The SMILES string of the molecule is CC[C@@H](C)c1ccccc1N1C[C@H](C(=O)OCC(=O)NCc2ccc(F)cc2)CC1=O. The molecule has 0 aliphatic carbocycles. The smallest absolute Gasteiger partial charge is 0.311 e. The normalized spacial score (nSPS) is 16.8. The molecule has 1 aliphatic heterocycles. The van der Waals surface area contributed by atoms with Crippen molar-refractivity contribution in [3.8, 4) is 0 Å². The molecule has 0 saturated carbocycles. The number of carbonyl (C=O) groups is 3. The fraction of sp³-hybridized carbons (Fsp3) is 0.375. The minimum atomic E-state index is -0.609. The molecule has 7 heteroatoms. The van der Waals surface area contributed by atoms with E-state index in [4.69, 9.17) is 4.74 Å². The monoisotopic (exact) mass is 426 g/mol. The van der Waals surface area contributed by atoms with Crippen LogP contribution in [0.2, 0.25) is 0 Å². The highest BCUT2D eigenvalue weighted by atomic mass is 19.1. The van der Waals surface area contributed by atoms with Crippen molar-refractivity contribution in [1.29, 1.82) is 0 Å². The average molecular weight is 426 g/mol. The summed E-state index contributed by atoms with van der Waals surface area (Å²) in [6, 6.07) is 13.5. The molecule has 1 aliphatic rings. The van der Waals surface area contributed by atoms with Gasteiger partial charge in [0.25, 0.3) is 5.91 Å². The van der Waals surface area contributed by atoms with E-state index < -0.39 is 24.4 Å². The lowest BCUT2D eigenvalue weighted by atomic mass is 9.96. The molecule has 3 rings (SSSR count). The van der Waals surface area contributed by atoms with Gasteiger partial charge in [-0.25, -0.2) is 4.39 Å². The molecule has 6 nitrogen and oxygen atoms in total. The van der Waals surface area contributed by atoms with E-state index >= 15 is 0 Å². The van der Waals surface area contributed by atoms with Crippen molar-refractivity contribution < 1.29 is 23.5 Å². The number of ether oxygens (including phenoxy) is 1. The fourth-order valence-electron chi connectivity index (χ4n) is 3.58. The van der Waals surface area contributed by atoms with E-state index in [0.29, 0.717) is 5.92 Å². The molecule has 1 saturated heterocycles. The summed E-state index contributed by atoms with van der Waals surface area (Å²) in [5.41, 5.74) is 2.64. The lowest BCUT2D eigenvalue weighted by Crippen LogP contribution is -2.31. The quantitative estimate of drug-likeness (QED) is 0.655. The molecular formula is C24H27FN2O4. The number of rotatable bonds is 8. The fourth-order valence-corrected chi connectivity index (χ4v) is 3.58. The number of esters is 1. The predicted octanol–water partition coefficient (Wildman–Crippen LogP) is 3.55. The third-order valence-corrected chi connectivity index (χ3v) is 5.58. The zero-order valence-corrected chi connectivity index (χ0v) is 17.8. The van der Waals surface area contributed by atoms with Crippen LogP contribution in [-0.4, -0.2) is 30.9 Å². The van der Waals surface area contributed by atoms with Gasteiger partial charge in [-0.1, -0.05) is 44.2 Å². The maximum Gasteiger partial charge on any atom is 0.311 e. The molecular weight excluding hydrogens is 399 g/mol. The molecule has 2 aromatic rings. The van der Waals surface area contributed by atoms with Crippen molar-refractivity contribution in [2.45, 2.75) is 39.2 Å². The summed E-state index contributed by atoms with van der Waals surface area (Å²) < 4.78 is 18.1. The minimum Gasteiger partial charge on any atom is -0.455 e. The first-order valence-electron chi connectivity index (χ1n) is 10.5. The second-order valence-electron chi connectivity index (χ2n) is 7.78. The molecule has 0 radical (unpaired) electrons. The summed E-state index contributed by atoms with van der Waals surface area (Å²) in [7, 11) is 0. The lowest BCUT2D eigenvalue weighted by Gasteiger charge is -2.23. The molecule has 2 aromatic carbocycles. The molecule has 0 spiro atoms. The molecule has 1 N–H and O–H groups in total. The van der Waals surface area contributed by atoms with Gasteiger partial charge in [0.1, 0.15) is 5.82 Å². The van der Waals surface area contributed by atoms with Gasteiger partial charge in [-0.05, 0) is 41.7 Å². The molecule has 31 heavy (non-hydrogen) atoms. The Morgan fingerprint density at radius 3 is 2.61 bits per heavy atom. The summed E-state index contributed by atoms with van der Waals surface area (Å²) in [5, 5.41) is 2.62. The van der Waals surface area contributed by atoms with Gasteiger partial charge in [0, 0.05) is 25.2 Å². The molecule has 2 atom stereocenters. The van der Waals surface area contributed by atoms with E-state index in [1.807, 2.05) is 24.3 Å². The number of hydrogen-bond donors (Lipinski definition) is 1. The first-order valence-corrected chi connectivity index (χ1v) is 10.5. The van der Waals surface area contributed by atoms with E-state index in [1.54, 1.807) is 17.0 Å². The third-order valence-electron chi connectivity index (χ3n) is 5.58. The Bertz CT molecular complexity index is 945. The van der Waals surface area contributed by atoms with Gasteiger partial charge < -0.3 is 15.0 Å². The van der Waals surface area contributed by atoms with Crippen LogP contribution < -0.4 is 10.2 Å². The van der Waals surface area contributed by atoms with E-state index in [0.717, 1.165) is 23.2 Å². The van der Waals surface area contributed by atoms with Gasteiger partial charge in [-0.15, -0.1) is 0 Å². The van der Waals surface area contributed by atoms with E-state index in [-0.39, 0.29) is 31.2 Å². The molecule has 1 fully saturated rings. The number of benzene rings is 2. The highest BCUT2D eigenvalue weighted by molar-refractivity contribution is 6.00. The van der Waals surface area contributed by atoms with Crippen molar-refractivity contribution >= 4 is 23.5 Å². The van der Waals surface area contributed by atoms with Crippen molar-refractivity contribution in [3.63, 3.8) is 0 Å². The largest absolute Gasteiger partial charge is 0.455 e. The maximum absolute atomic E-state index is 12.9. The molecule has 164 valence electrons. The molecule has 0 unspecified atom stereocenters. The first-order chi connectivity index (χ1) is 14.9. The first kappa shape index (κ1) is 22.5. The Morgan fingerprint density at radius 1 is 1.19 bits per heavy atom. The second kappa shape index (κ2) is 10.2. The number of carbonyl (C=O) groups excluding carboxylic acids is 3. The van der Waals surface area contributed by atoms with Gasteiger partial charge in [-0.2, -0.15) is 0 Å². The van der Waals surface area contributed by atoms with Crippen LogP contribution in [0.25, 0.3) is 0 Å². The van der Waals surface area contributed by atoms with Gasteiger partial charge in [0.05, 0.1) is 5.92 Å². The van der Waals surface area contributed by atoms with Crippen LogP contribution in [0.15, 0.2) is 48.5 Å². The van der Waals surface area contributed by atoms with Crippen molar-refractivity contribution in [1.82, 2.24) is 5.32 Å². The third kappa shape index (κ3) is 5.69. The van der Waals surface area contributed by atoms with Crippen LogP contribution >= 0.6 is 0 Å². The average Bonchev–Trinajstić information content (AvgIpc) is 3.18. The topological polar surface area (TPSA) is 75.7 Å². The number of amides is 2. The lowest BCUT2D eigenvalue weighted by molar-refractivity contribution is -0.152. The van der Waals surface area contributed by atoms with Crippen LogP contribution in [0, 0.1) is 11.7 Å². The van der Waals surface area contributed by atoms with E-state index in [1.165, 1.54) is 12.1 Å². The molecule has 1 heterocycles. The van der Waals surface area contributed by atoms with Crippen molar-refractivity contribution in [3.05, 3.63) is 65.5 Å². The van der Waals surface area contributed by atoms with Crippen LogP contribution in [0.4, 0.5) is 10.1 Å². The second-order valence-corrected chi connectivity index (χ2v) is 7.78. The summed E-state index contributed by atoms with van der Waals surface area (Å²) in [5.74, 6) is -1.81. The number of hydrogen-bond acceptors (Lipinski definition) is 4. The standard InChI is InChI=1S/C24H27FN2O4/c1-3-16(2)20-6-4-5-7-21(20)27-14-18(12-23(27)29)24(30)31-15-22(28)26-13-17-8-10-19(25)11-9-17/h4-11,16,18H,3,12-15H2,1-2H3,(H,26,28)/t16-,18-/m1/s1. The highest BCUT2D eigenvalue weighted by Gasteiger charge is 2.37. The highest BCUT2D eigenvalue weighted by Crippen LogP contribution is 2.33. The zero-order valence-electron chi connectivity index (χ0n) is 17.8. The predicted molar refractivity (Wildman–Crippen MR) is 115 cm³/mol. The van der Waals surface area contributed by atoms with E-state index in [9.17, 15) is 18.8 Å². The van der Waals surface area contributed by atoms with Gasteiger partial charge in [0.15, 0.2) is 6.61 Å². The molecule has 2 amide bonds. The Hall–Kier alpha value is -3.22. The van der Waals surface area contributed by atoms with Gasteiger partial charge in [-0.3, -0.25) is 14.4 Å². The number of para-hydroxylation sites is 1.